The third-order valence-electron chi connectivity index (χ3n) is 6.78. The Bertz CT molecular complexity index is 1290. The summed E-state index contributed by atoms with van der Waals surface area (Å²) in [6, 6.07) is 12.5. The second kappa shape index (κ2) is 13.2. The van der Waals surface area contributed by atoms with Crippen LogP contribution in [0.1, 0.15) is 48.5 Å². The van der Waals surface area contributed by atoms with Gasteiger partial charge in [-0.25, -0.2) is 0 Å². The van der Waals surface area contributed by atoms with Gasteiger partial charge in [-0.3, -0.25) is 19.4 Å². The highest BCUT2D eigenvalue weighted by atomic mass is 32.1. The molecule has 0 saturated carbocycles. The Balaban J connectivity index is 1.48. The first-order chi connectivity index (χ1) is 19.2. The zero-order valence-electron chi connectivity index (χ0n) is 22.1. The number of rotatable bonds is 11. The van der Waals surface area contributed by atoms with Gasteiger partial charge in [0.05, 0.1) is 11.5 Å². The molecule has 0 unspecified atom stereocenters. The third kappa shape index (κ3) is 7.36. The smallest absolute Gasteiger partial charge is 0.419 e. The van der Waals surface area contributed by atoms with Crippen molar-refractivity contribution in [1.82, 2.24) is 15.1 Å². The van der Waals surface area contributed by atoms with Crippen LogP contribution in [0, 0.1) is 5.92 Å². The number of likely N-dealkylation sites (tertiary alicyclic amines) is 1. The monoisotopic (exact) mass is 576 g/mol. The van der Waals surface area contributed by atoms with Crippen molar-refractivity contribution < 1.29 is 32.6 Å². The molecule has 2 heterocycles. The van der Waals surface area contributed by atoms with Gasteiger partial charge >= 0.3 is 12.1 Å². The number of unbranched alkanes of at least 4 members (excludes halogenated alkanes) is 1. The Morgan fingerprint density at radius 2 is 1.85 bits per heavy atom. The molecule has 0 bridgehead atoms. The Labute approximate surface area is 234 Å². The molecule has 8 nitrogen and oxygen atoms in total. The first-order valence-corrected chi connectivity index (χ1v) is 14.0. The molecule has 214 valence electrons. The Morgan fingerprint density at radius 1 is 1.12 bits per heavy atom. The van der Waals surface area contributed by atoms with Crippen molar-refractivity contribution in [2.75, 3.05) is 37.7 Å². The fourth-order valence-corrected chi connectivity index (χ4v) is 5.34. The van der Waals surface area contributed by atoms with E-state index in [1.54, 1.807) is 24.3 Å². The minimum absolute atomic E-state index is 0.0388. The van der Waals surface area contributed by atoms with Gasteiger partial charge < -0.3 is 9.84 Å². The summed E-state index contributed by atoms with van der Waals surface area (Å²) in [6.07, 6.45) is -2.06. The van der Waals surface area contributed by atoms with Gasteiger partial charge in [0.25, 0.3) is 5.91 Å². The zero-order valence-corrected chi connectivity index (χ0v) is 22.9. The van der Waals surface area contributed by atoms with Gasteiger partial charge in [-0.15, -0.1) is 10.2 Å². The molecule has 4 rings (SSSR count). The van der Waals surface area contributed by atoms with Gasteiger partial charge in [-0.05, 0) is 62.7 Å². The van der Waals surface area contributed by atoms with E-state index < -0.39 is 17.7 Å². The number of carbonyl (C=O) groups is 2. The van der Waals surface area contributed by atoms with E-state index in [9.17, 15) is 22.8 Å². The number of piperidine rings is 1. The number of halogens is 3. The van der Waals surface area contributed by atoms with E-state index in [4.69, 9.17) is 9.84 Å². The summed E-state index contributed by atoms with van der Waals surface area (Å²) < 4.78 is 47.5. The van der Waals surface area contributed by atoms with Crippen LogP contribution in [-0.2, 0) is 11.0 Å². The molecule has 1 N–H and O–H groups in total. The van der Waals surface area contributed by atoms with Gasteiger partial charge in [0.2, 0.25) is 5.13 Å². The largest absolute Gasteiger partial charge is 0.492 e. The highest BCUT2D eigenvalue weighted by Crippen LogP contribution is 2.40. The maximum atomic E-state index is 14.0. The lowest BCUT2D eigenvalue weighted by Crippen LogP contribution is -2.38. The van der Waals surface area contributed by atoms with E-state index in [1.807, 2.05) is 17.9 Å². The van der Waals surface area contributed by atoms with Gasteiger partial charge in [0.1, 0.15) is 17.4 Å². The first kappa shape index (κ1) is 29.5. The van der Waals surface area contributed by atoms with Crippen LogP contribution in [-0.4, -0.2) is 64.9 Å². The number of anilines is 1. The second-order valence-electron chi connectivity index (χ2n) is 9.58. The topological polar surface area (TPSA) is 95.9 Å². The molecule has 1 amide bonds. The number of benzene rings is 2. The molecule has 40 heavy (non-hydrogen) atoms. The number of carboxylic acids is 1. The second-order valence-corrected chi connectivity index (χ2v) is 10.5. The summed E-state index contributed by atoms with van der Waals surface area (Å²) in [7, 11) is 0. The molecule has 1 saturated heterocycles. The molecule has 1 aliphatic rings. The van der Waals surface area contributed by atoms with Crippen LogP contribution >= 0.6 is 11.3 Å². The van der Waals surface area contributed by atoms with Crippen molar-refractivity contribution in [1.29, 1.82) is 0 Å². The molecule has 12 heteroatoms. The number of carboxylic acid groups (broad SMARTS) is 1. The molecule has 1 fully saturated rings. The minimum Gasteiger partial charge on any atom is -0.492 e. The number of carbonyl (C=O) groups excluding carboxylic acids is 1. The Morgan fingerprint density at radius 3 is 2.50 bits per heavy atom. The normalized spacial score (nSPS) is 14.7. The van der Waals surface area contributed by atoms with Gasteiger partial charge in [-0.2, -0.15) is 13.2 Å². The minimum atomic E-state index is -4.66. The third-order valence-corrected chi connectivity index (χ3v) is 7.78. The maximum absolute atomic E-state index is 14.0. The summed E-state index contributed by atoms with van der Waals surface area (Å²) in [5, 5.41) is 17.9. The van der Waals surface area contributed by atoms with E-state index in [0.717, 1.165) is 30.2 Å². The Kier molecular flexibility index (Phi) is 9.75. The predicted molar refractivity (Wildman–Crippen MR) is 146 cm³/mol. The predicted octanol–water partition coefficient (Wildman–Crippen LogP) is 5.85. The van der Waals surface area contributed by atoms with Crippen LogP contribution in [0.2, 0.25) is 0 Å². The zero-order chi connectivity index (χ0) is 28.7. The molecule has 2 aromatic carbocycles. The van der Waals surface area contributed by atoms with E-state index in [0.29, 0.717) is 49.7 Å². The lowest BCUT2D eigenvalue weighted by Gasteiger charge is -2.29. The van der Waals surface area contributed by atoms with Gasteiger partial charge in [0.15, 0.2) is 0 Å². The maximum Gasteiger partial charge on any atom is 0.419 e. The fraction of sp³-hybridized carbons (Fsp3) is 0.429. The van der Waals surface area contributed by atoms with E-state index in [1.165, 1.54) is 17.0 Å². The summed E-state index contributed by atoms with van der Waals surface area (Å²) in [4.78, 5) is 27.8. The number of hydrogen-bond acceptors (Lipinski definition) is 7. The van der Waals surface area contributed by atoms with Crippen molar-refractivity contribution in [2.24, 2.45) is 5.92 Å². The SMILES string of the molecule is CCCCN(C(=O)c1ccccc1)c1nnc(-c2ccc(OCCN3CCC(C(=O)O)CC3)c(C(F)(F)F)c2)s1. The van der Waals surface area contributed by atoms with Crippen molar-refractivity contribution >= 4 is 28.3 Å². The van der Waals surface area contributed by atoms with Crippen LogP contribution in [0.3, 0.4) is 0 Å². The number of alkyl halides is 3. The first-order valence-electron chi connectivity index (χ1n) is 13.2. The van der Waals surface area contributed by atoms with Crippen molar-refractivity contribution in [3.63, 3.8) is 0 Å². The van der Waals surface area contributed by atoms with Crippen molar-refractivity contribution in [2.45, 2.75) is 38.8 Å². The number of ether oxygens (including phenoxy) is 1. The Hall–Kier alpha value is -3.51. The number of nitrogens with zero attached hydrogens (tertiary/aromatic N) is 4. The van der Waals surface area contributed by atoms with Crippen molar-refractivity contribution in [3.8, 4) is 16.3 Å². The van der Waals surface area contributed by atoms with Crippen LogP contribution in [0.5, 0.6) is 5.75 Å². The highest BCUT2D eigenvalue weighted by molar-refractivity contribution is 7.18. The summed E-state index contributed by atoms with van der Waals surface area (Å²) >= 11 is 1.06. The molecule has 0 aliphatic carbocycles. The number of aliphatic carboxylic acids is 1. The molecule has 0 atom stereocenters. The summed E-state index contributed by atoms with van der Waals surface area (Å²) in [6.45, 7) is 3.97. The molecule has 3 aromatic rings. The molecular weight excluding hydrogens is 545 g/mol. The van der Waals surface area contributed by atoms with Gasteiger partial charge in [0, 0.05) is 24.2 Å². The van der Waals surface area contributed by atoms with Crippen molar-refractivity contribution in [3.05, 3.63) is 59.7 Å². The standard InChI is InChI=1S/C28H31F3N4O4S/c1-2-3-13-35(25(36)19-7-5-4-6-8-19)27-33-32-24(40-27)21-9-10-23(22(18-21)28(29,30)31)39-17-16-34-14-11-20(12-15-34)26(37)38/h4-10,18,20H,2-3,11-17H2,1H3,(H,37,38). The molecule has 0 radical (unpaired) electrons. The van der Waals surface area contributed by atoms with Crippen LogP contribution in [0.25, 0.3) is 10.6 Å². The number of hydrogen-bond donors (Lipinski definition) is 1. The highest BCUT2D eigenvalue weighted by Gasteiger charge is 2.35. The molecule has 1 aromatic heterocycles. The van der Waals surface area contributed by atoms with Crippen LogP contribution < -0.4 is 9.64 Å². The number of aromatic nitrogens is 2. The lowest BCUT2D eigenvalue weighted by molar-refractivity contribution is -0.143. The van der Waals surface area contributed by atoms with Crippen LogP contribution in [0.4, 0.5) is 18.3 Å². The van der Waals surface area contributed by atoms with Gasteiger partial charge in [-0.1, -0.05) is 42.9 Å². The molecule has 1 aliphatic heterocycles. The van der Waals surface area contributed by atoms with E-state index in [2.05, 4.69) is 10.2 Å². The average molecular weight is 577 g/mol. The summed E-state index contributed by atoms with van der Waals surface area (Å²) in [5.41, 5.74) is -0.209. The quantitative estimate of drug-likeness (QED) is 0.306. The molecular formula is C28H31F3N4O4S. The lowest BCUT2D eigenvalue weighted by atomic mass is 9.97. The van der Waals surface area contributed by atoms with Crippen LogP contribution in [0.15, 0.2) is 48.5 Å². The average Bonchev–Trinajstić information content (AvgIpc) is 3.43. The summed E-state index contributed by atoms with van der Waals surface area (Å²) in [5.74, 6) is -1.73. The van der Waals surface area contributed by atoms with E-state index in [-0.39, 0.29) is 34.8 Å². The fourth-order valence-electron chi connectivity index (χ4n) is 4.48. The molecule has 0 spiro atoms. The number of amides is 1. The van der Waals surface area contributed by atoms with E-state index >= 15 is 0 Å².